The van der Waals surface area contributed by atoms with Crippen molar-refractivity contribution in [3.05, 3.63) is 70.8 Å². The van der Waals surface area contributed by atoms with E-state index in [1.807, 2.05) is 30.3 Å². The number of carbonyl (C=O) groups excluding carboxylic acids is 1. The summed E-state index contributed by atoms with van der Waals surface area (Å²) in [5, 5.41) is 0. The van der Waals surface area contributed by atoms with Gasteiger partial charge in [0.05, 0.1) is 23.8 Å². The van der Waals surface area contributed by atoms with Gasteiger partial charge < -0.3 is 9.64 Å². The molecular formula is C23H23F6NO2. The van der Waals surface area contributed by atoms with Gasteiger partial charge >= 0.3 is 12.4 Å². The van der Waals surface area contributed by atoms with Crippen molar-refractivity contribution in [1.29, 1.82) is 0 Å². The van der Waals surface area contributed by atoms with Gasteiger partial charge in [-0.15, -0.1) is 0 Å². The molecule has 1 fully saturated rings. The SMILES string of the molecule is CC(=O)N1CC[C@@H](OCc2cc(C(F)(F)F)cc(C(F)(F)F)c2)[C@@H](Cc2ccccc2)C1. The summed E-state index contributed by atoms with van der Waals surface area (Å²) in [5.41, 5.74) is -1.91. The molecule has 0 aromatic heterocycles. The van der Waals surface area contributed by atoms with Crippen LogP contribution in [-0.2, 0) is 34.9 Å². The second-order valence-electron chi connectivity index (χ2n) is 7.97. The molecular weight excluding hydrogens is 436 g/mol. The minimum absolute atomic E-state index is 0.0887. The largest absolute Gasteiger partial charge is 0.416 e. The number of likely N-dealkylation sites (tertiary alicyclic amines) is 1. The van der Waals surface area contributed by atoms with Crippen LogP contribution in [0.15, 0.2) is 48.5 Å². The molecule has 0 N–H and O–H groups in total. The van der Waals surface area contributed by atoms with Crippen LogP contribution in [0.4, 0.5) is 26.3 Å². The van der Waals surface area contributed by atoms with Crippen molar-refractivity contribution in [1.82, 2.24) is 4.90 Å². The van der Waals surface area contributed by atoms with E-state index >= 15 is 0 Å². The summed E-state index contributed by atoms with van der Waals surface area (Å²) in [5.74, 6) is -0.225. The van der Waals surface area contributed by atoms with Gasteiger partial charge in [0.2, 0.25) is 5.91 Å². The van der Waals surface area contributed by atoms with Crippen LogP contribution in [-0.4, -0.2) is 30.0 Å². The van der Waals surface area contributed by atoms with Gasteiger partial charge in [0.1, 0.15) is 0 Å². The molecule has 9 heteroatoms. The Kier molecular flexibility index (Phi) is 7.17. The summed E-state index contributed by atoms with van der Waals surface area (Å²) in [6.45, 7) is 1.90. The highest BCUT2D eigenvalue weighted by molar-refractivity contribution is 5.73. The zero-order valence-electron chi connectivity index (χ0n) is 17.3. The van der Waals surface area contributed by atoms with E-state index in [2.05, 4.69) is 0 Å². The highest BCUT2D eigenvalue weighted by atomic mass is 19.4. The first-order valence-electron chi connectivity index (χ1n) is 10.1. The molecule has 1 saturated heterocycles. The van der Waals surface area contributed by atoms with Crippen LogP contribution >= 0.6 is 0 Å². The average Bonchev–Trinajstić information content (AvgIpc) is 2.72. The minimum Gasteiger partial charge on any atom is -0.373 e. The van der Waals surface area contributed by atoms with Crippen LogP contribution in [0.1, 0.15) is 35.6 Å². The number of alkyl halides is 6. The topological polar surface area (TPSA) is 29.5 Å². The third-order valence-corrected chi connectivity index (χ3v) is 5.56. The molecule has 1 heterocycles. The third-order valence-electron chi connectivity index (χ3n) is 5.56. The van der Waals surface area contributed by atoms with E-state index in [4.69, 9.17) is 4.74 Å². The van der Waals surface area contributed by atoms with Gasteiger partial charge in [0.25, 0.3) is 0 Å². The molecule has 0 saturated carbocycles. The first-order chi connectivity index (χ1) is 14.9. The Morgan fingerprint density at radius 1 is 0.969 bits per heavy atom. The second-order valence-corrected chi connectivity index (χ2v) is 7.97. The van der Waals surface area contributed by atoms with Crippen molar-refractivity contribution in [3.63, 3.8) is 0 Å². The summed E-state index contributed by atoms with van der Waals surface area (Å²) in [6.07, 6.45) is -9.19. The maximum atomic E-state index is 13.1. The van der Waals surface area contributed by atoms with E-state index in [0.717, 1.165) is 5.56 Å². The lowest BCUT2D eigenvalue weighted by atomic mass is 9.88. The summed E-state index contributed by atoms with van der Waals surface area (Å²) in [7, 11) is 0. The van der Waals surface area contributed by atoms with Crippen LogP contribution in [0.2, 0.25) is 0 Å². The van der Waals surface area contributed by atoms with Crippen molar-refractivity contribution in [2.75, 3.05) is 13.1 Å². The zero-order valence-corrected chi connectivity index (χ0v) is 17.3. The number of piperidine rings is 1. The quantitative estimate of drug-likeness (QED) is 0.536. The highest BCUT2D eigenvalue weighted by Crippen LogP contribution is 2.36. The minimum atomic E-state index is -4.90. The molecule has 0 aliphatic carbocycles. The smallest absolute Gasteiger partial charge is 0.373 e. The number of hydrogen-bond acceptors (Lipinski definition) is 2. The van der Waals surface area contributed by atoms with Gasteiger partial charge in [0, 0.05) is 25.9 Å². The van der Waals surface area contributed by atoms with Crippen molar-refractivity contribution < 1.29 is 35.9 Å². The Morgan fingerprint density at radius 2 is 1.56 bits per heavy atom. The van der Waals surface area contributed by atoms with Gasteiger partial charge in [-0.3, -0.25) is 4.79 Å². The van der Waals surface area contributed by atoms with Crippen LogP contribution < -0.4 is 0 Å². The molecule has 3 nitrogen and oxygen atoms in total. The monoisotopic (exact) mass is 459 g/mol. The fraction of sp³-hybridized carbons (Fsp3) is 0.435. The number of hydrogen-bond donors (Lipinski definition) is 0. The van der Waals surface area contributed by atoms with Crippen molar-refractivity contribution in [2.24, 2.45) is 5.92 Å². The summed E-state index contributed by atoms with van der Waals surface area (Å²) < 4.78 is 84.5. The summed E-state index contributed by atoms with van der Waals surface area (Å²) >= 11 is 0. The molecule has 0 spiro atoms. The Hall–Kier alpha value is -2.55. The van der Waals surface area contributed by atoms with Gasteiger partial charge in [-0.25, -0.2) is 0 Å². The average molecular weight is 459 g/mol. The molecule has 0 radical (unpaired) electrons. The van der Waals surface area contributed by atoms with E-state index in [1.54, 1.807) is 4.90 Å². The van der Waals surface area contributed by atoms with E-state index in [1.165, 1.54) is 6.92 Å². The number of halogens is 6. The van der Waals surface area contributed by atoms with E-state index < -0.39 is 29.6 Å². The molecule has 1 aliphatic heterocycles. The Balaban J connectivity index is 1.79. The number of rotatable bonds is 5. The van der Waals surface area contributed by atoms with Crippen LogP contribution in [0, 0.1) is 5.92 Å². The molecule has 3 rings (SSSR count). The van der Waals surface area contributed by atoms with Gasteiger partial charge in [0.15, 0.2) is 0 Å². The van der Waals surface area contributed by atoms with E-state index in [-0.39, 0.29) is 30.1 Å². The van der Waals surface area contributed by atoms with E-state index in [0.29, 0.717) is 38.1 Å². The molecule has 0 unspecified atom stereocenters. The number of ether oxygens (including phenoxy) is 1. The molecule has 0 bridgehead atoms. The fourth-order valence-electron chi connectivity index (χ4n) is 3.93. The van der Waals surface area contributed by atoms with Gasteiger partial charge in [-0.1, -0.05) is 30.3 Å². The van der Waals surface area contributed by atoms with Gasteiger partial charge in [-0.2, -0.15) is 26.3 Å². The van der Waals surface area contributed by atoms with Crippen molar-refractivity contribution in [2.45, 2.75) is 44.8 Å². The normalized spacial score (nSPS) is 19.8. The molecule has 2 aromatic carbocycles. The van der Waals surface area contributed by atoms with Crippen LogP contribution in [0.5, 0.6) is 0 Å². The van der Waals surface area contributed by atoms with Gasteiger partial charge in [-0.05, 0) is 42.2 Å². The third kappa shape index (κ3) is 6.25. The number of carbonyl (C=O) groups is 1. The predicted molar refractivity (Wildman–Crippen MR) is 106 cm³/mol. The lowest BCUT2D eigenvalue weighted by Gasteiger charge is -2.38. The Labute approximate surface area is 182 Å². The van der Waals surface area contributed by atoms with Crippen LogP contribution in [0.25, 0.3) is 0 Å². The zero-order chi connectivity index (χ0) is 23.5. The van der Waals surface area contributed by atoms with Crippen molar-refractivity contribution in [3.8, 4) is 0 Å². The Morgan fingerprint density at radius 3 is 2.09 bits per heavy atom. The lowest BCUT2D eigenvalue weighted by molar-refractivity contribution is -0.143. The first-order valence-corrected chi connectivity index (χ1v) is 10.1. The number of nitrogens with zero attached hydrogens (tertiary/aromatic N) is 1. The number of benzene rings is 2. The van der Waals surface area contributed by atoms with Crippen molar-refractivity contribution >= 4 is 5.91 Å². The molecule has 2 aromatic rings. The lowest BCUT2D eigenvalue weighted by Crippen LogP contribution is -2.46. The summed E-state index contributed by atoms with van der Waals surface area (Å²) in [4.78, 5) is 13.5. The fourth-order valence-corrected chi connectivity index (χ4v) is 3.93. The molecule has 174 valence electrons. The summed E-state index contributed by atoms with van der Waals surface area (Å²) in [6, 6.07) is 10.9. The molecule has 2 atom stereocenters. The number of amides is 1. The standard InChI is InChI=1S/C23H23F6NO2/c1-15(31)30-8-7-21(18(13-30)9-16-5-3-2-4-6-16)32-14-17-10-19(22(24,25)26)12-20(11-17)23(27,28)29/h2-6,10-12,18,21H,7-9,13-14H2,1H3/t18-,21+/m0/s1. The van der Waals surface area contributed by atoms with E-state index in [9.17, 15) is 31.1 Å². The maximum absolute atomic E-state index is 13.1. The molecule has 1 amide bonds. The second kappa shape index (κ2) is 9.52. The maximum Gasteiger partial charge on any atom is 0.416 e. The van der Waals surface area contributed by atoms with Crippen LogP contribution in [0.3, 0.4) is 0 Å². The Bertz CT molecular complexity index is 894. The highest BCUT2D eigenvalue weighted by Gasteiger charge is 2.37. The molecule has 32 heavy (non-hydrogen) atoms. The molecule has 1 aliphatic rings. The predicted octanol–water partition coefficient (Wildman–Crippen LogP) is 5.72. The first kappa shape index (κ1) is 24.1.